The summed E-state index contributed by atoms with van der Waals surface area (Å²) in [7, 11) is -9.90. The van der Waals surface area contributed by atoms with Crippen LogP contribution in [0, 0.1) is 17.8 Å². The average Bonchev–Trinajstić information content (AvgIpc) is 3.63. The standard InChI is InChI=1S/C73H142O17P2/c1-8-11-12-13-30-40-47-54-70(75)83-60-68(90-73(78)57-50-43-36-29-28-33-39-46-53-66(7)10-3)62-87-91(79,80)85-58-67(74)59-86-92(81,82)88-63-69(61-84-71(76)55-48-41-34-26-23-22-25-32-38-45-52-65(6)9-2)89-72(77)56-49-42-35-27-21-19-17-15-14-16-18-20-24-31-37-44-51-64(4)5/h64-69,74H,8-63H2,1-7H3,(H,79,80)(H,81,82)/t65?,66?,67-,68+,69+/m0/s1. The summed E-state index contributed by atoms with van der Waals surface area (Å²) in [4.78, 5) is 72.5. The highest BCUT2D eigenvalue weighted by Gasteiger charge is 2.30. The number of aliphatic hydroxyl groups excluding tert-OH is 1. The van der Waals surface area contributed by atoms with Gasteiger partial charge in [-0.15, -0.1) is 0 Å². The van der Waals surface area contributed by atoms with Gasteiger partial charge in [0.1, 0.15) is 19.3 Å². The highest BCUT2D eigenvalue weighted by atomic mass is 31.2. The summed E-state index contributed by atoms with van der Waals surface area (Å²) in [5.41, 5.74) is 0. The lowest BCUT2D eigenvalue weighted by Gasteiger charge is -2.21. The highest BCUT2D eigenvalue weighted by molar-refractivity contribution is 7.47. The van der Waals surface area contributed by atoms with Crippen LogP contribution >= 0.6 is 15.6 Å². The van der Waals surface area contributed by atoms with E-state index in [1.54, 1.807) is 0 Å². The van der Waals surface area contributed by atoms with Crippen LogP contribution in [-0.2, 0) is 65.4 Å². The lowest BCUT2D eigenvalue weighted by molar-refractivity contribution is -0.161. The fourth-order valence-corrected chi connectivity index (χ4v) is 12.6. The quantitative estimate of drug-likeness (QED) is 0.0222. The molecule has 0 aromatic carbocycles. The number of hydrogen-bond donors (Lipinski definition) is 3. The molecule has 0 spiro atoms. The number of esters is 4. The Kier molecular flexibility index (Phi) is 62.4. The van der Waals surface area contributed by atoms with Crippen LogP contribution in [0.1, 0.15) is 370 Å². The topological polar surface area (TPSA) is 237 Å². The van der Waals surface area contributed by atoms with Crippen molar-refractivity contribution in [1.29, 1.82) is 0 Å². The lowest BCUT2D eigenvalue weighted by Crippen LogP contribution is -2.30. The molecule has 17 nitrogen and oxygen atoms in total. The second-order valence-corrected chi connectivity index (χ2v) is 30.2. The third-order valence-electron chi connectivity index (χ3n) is 17.6. The maximum Gasteiger partial charge on any atom is 0.472 e. The Hall–Kier alpha value is -1.94. The van der Waals surface area contributed by atoms with E-state index in [0.717, 1.165) is 120 Å². The second-order valence-electron chi connectivity index (χ2n) is 27.3. The van der Waals surface area contributed by atoms with E-state index >= 15 is 0 Å². The number of aliphatic hydroxyl groups is 1. The predicted molar refractivity (Wildman–Crippen MR) is 372 cm³/mol. The van der Waals surface area contributed by atoms with Crippen LogP contribution in [0.3, 0.4) is 0 Å². The van der Waals surface area contributed by atoms with Crippen molar-refractivity contribution < 1.29 is 80.2 Å². The van der Waals surface area contributed by atoms with Gasteiger partial charge in [-0.25, -0.2) is 9.13 Å². The van der Waals surface area contributed by atoms with Gasteiger partial charge < -0.3 is 33.8 Å². The van der Waals surface area contributed by atoms with Crippen molar-refractivity contribution in [1.82, 2.24) is 0 Å². The van der Waals surface area contributed by atoms with Gasteiger partial charge >= 0.3 is 39.5 Å². The van der Waals surface area contributed by atoms with E-state index in [2.05, 4.69) is 48.5 Å². The highest BCUT2D eigenvalue weighted by Crippen LogP contribution is 2.45. The van der Waals surface area contributed by atoms with Gasteiger partial charge in [-0.2, -0.15) is 0 Å². The number of hydrogen-bond acceptors (Lipinski definition) is 15. The molecule has 0 fully saturated rings. The SMILES string of the molecule is CCCCCCCCCC(=O)OC[C@H](COP(=O)(O)OC[C@H](O)COP(=O)(O)OC[C@@H](COC(=O)CCCCCCCCCCCCC(C)CC)OC(=O)CCCCCCCCCCCCCCCCCCC(C)C)OC(=O)CCCCCCCCCCC(C)CC. The molecule has 19 heteroatoms. The molecule has 4 unspecified atom stereocenters. The third kappa shape index (κ3) is 64.1. The summed E-state index contributed by atoms with van der Waals surface area (Å²) in [6.07, 6.45) is 48.6. The van der Waals surface area contributed by atoms with Crippen LogP contribution in [0.25, 0.3) is 0 Å². The fraction of sp³-hybridized carbons (Fsp3) is 0.945. The molecule has 0 rings (SSSR count). The van der Waals surface area contributed by atoms with Crippen LogP contribution in [0.15, 0.2) is 0 Å². The smallest absolute Gasteiger partial charge is 0.462 e. The first-order valence-corrected chi connectivity index (χ1v) is 40.9. The summed E-state index contributed by atoms with van der Waals surface area (Å²) in [5.74, 6) is 0.261. The van der Waals surface area contributed by atoms with Crippen molar-refractivity contribution >= 4 is 39.5 Å². The molecule has 0 saturated heterocycles. The van der Waals surface area contributed by atoms with Gasteiger partial charge in [0.25, 0.3) is 0 Å². The van der Waals surface area contributed by atoms with Crippen molar-refractivity contribution in [3.63, 3.8) is 0 Å². The van der Waals surface area contributed by atoms with Gasteiger partial charge in [-0.05, 0) is 43.4 Å². The van der Waals surface area contributed by atoms with E-state index in [9.17, 15) is 43.2 Å². The Bertz CT molecular complexity index is 1810. The zero-order valence-electron chi connectivity index (χ0n) is 60.0. The first-order chi connectivity index (χ1) is 44.3. The van der Waals surface area contributed by atoms with E-state index in [-0.39, 0.29) is 25.7 Å². The van der Waals surface area contributed by atoms with Gasteiger partial charge in [0.2, 0.25) is 0 Å². The molecule has 92 heavy (non-hydrogen) atoms. The average molecular weight is 1350 g/mol. The van der Waals surface area contributed by atoms with E-state index in [1.807, 2.05) is 0 Å². The molecule has 0 aromatic heterocycles. The first-order valence-electron chi connectivity index (χ1n) is 37.9. The molecule has 0 saturated carbocycles. The second kappa shape index (κ2) is 63.8. The maximum absolute atomic E-state index is 13.1. The van der Waals surface area contributed by atoms with E-state index in [0.29, 0.717) is 25.7 Å². The van der Waals surface area contributed by atoms with Gasteiger partial charge in [0.05, 0.1) is 26.4 Å². The molecule has 0 aliphatic heterocycles. The van der Waals surface area contributed by atoms with Crippen molar-refractivity contribution in [2.75, 3.05) is 39.6 Å². The monoisotopic (exact) mass is 1350 g/mol. The van der Waals surface area contributed by atoms with Gasteiger partial charge in [-0.1, -0.05) is 318 Å². The number of carbonyl (C=O) groups excluding carboxylic acids is 4. The van der Waals surface area contributed by atoms with Crippen LogP contribution in [-0.4, -0.2) is 96.7 Å². The molecular weight excluding hydrogens is 1210 g/mol. The van der Waals surface area contributed by atoms with E-state index in [4.69, 9.17) is 37.0 Å². The first kappa shape index (κ1) is 90.1. The zero-order chi connectivity index (χ0) is 68.0. The molecule has 3 N–H and O–H groups in total. The van der Waals surface area contributed by atoms with Crippen molar-refractivity contribution in [3.8, 4) is 0 Å². The van der Waals surface area contributed by atoms with Crippen molar-refractivity contribution in [2.24, 2.45) is 17.8 Å². The Morgan fingerprint density at radius 3 is 0.826 bits per heavy atom. The number of carbonyl (C=O) groups is 4. The molecule has 0 amide bonds. The number of unbranched alkanes of at least 4 members (excludes halogenated alkanes) is 37. The van der Waals surface area contributed by atoms with Crippen LogP contribution < -0.4 is 0 Å². The third-order valence-corrected chi connectivity index (χ3v) is 19.5. The summed E-state index contributed by atoms with van der Waals surface area (Å²) in [5, 5.41) is 10.6. The Morgan fingerprint density at radius 1 is 0.315 bits per heavy atom. The zero-order valence-corrected chi connectivity index (χ0v) is 61.8. The molecule has 0 aliphatic carbocycles. The number of rotatable bonds is 71. The molecule has 0 radical (unpaired) electrons. The Morgan fingerprint density at radius 2 is 0.554 bits per heavy atom. The van der Waals surface area contributed by atoms with E-state index < -0.39 is 97.5 Å². The molecule has 0 aromatic rings. The minimum atomic E-state index is -4.95. The minimum absolute atomic E-state index is 0.104. The number of ether oxygens (including phenoxy) is 4. The summed E-state index contributed by atoms with van der Waals surface area (Å²) >= 11 is 0. The lowest BCUT2D eigenvalue weighted by atomic mass is 9.99. The molecule has 0 heterocycles. The Balaban J connectivity index is 5.20. The van der Waals surface area contributed by atoms with Gasteiger partial charge in [-0.3, -0.25) is 37.3 Å². The van der Waals surface area contributed by atoms with Crippen LogP contribution in [0.2, 0.25) is 0 Å². The van der Waals surface area contributed by atoms with Gasteiger partial charge in [0.15, 0.2) is 12.2 Å². The minimum Gasteiger partial charge on any atom is -0.462 e. The molecule has 0 bridgehead atoms. The van der Waals surface area contributed by atoms with E-state index in [1.165, 1.54) is 167 Å². The molecular formula is C73H142O17P2. The Labute approximate surface area is 562 Å². The fourth-order valence-electron chi connectivity index (χ4n) is 11.0. The molecule has 0 aliphatic rings. The molecule has 546 valence electrons. The summed E-state index contributed by atoms with van der Waals surface area (Å²) in [6, 6.07) is 0. The molecule has 7 atom stereocenters. The van der Waals surface area contributed by atoms with Crippen LogP contribution in [0.4, 0.5) is 0 Å². The van der Waals surface area contributed by atoms with Crippen molar-refractivity contribution in [2.45, 2.75) is 388 Å². The predicted octanol–water partition coefficient (Wildman–Crippen LogP) is 21.0. The normalized spacial score (nSPS) is 14.7. The largest absolute Gasteiger partial charge is 0.472 e. The number of phosphoric acid groups is 2. The maximum atomic E-state index is 13.1. The van der Waals surface area contributed by atoms with Gasteiger partial charge in [0, 0.05) is 25.7 Å². The summed E-state index contributed by atoms with van der Waals surface area (Å²) in [6.45, 7) is 11.9. The van der Waals surface area contributed by atoms with Crippen LogP contribution in [0.5, 0.6) is 0 Å². The van der Waals surface area contributed by atoms with Crippen molar-refractivity contribution in [3.05, 3.63) is 0 Å². The summed E-state index contributed by atoms with van der Waals surface area (Å²) < 4.78 is 68.3. The number of phosphoric ester groups is 2.